The molecule has 3 rings (SSSR count). The molecule has 0 spiro atoms. The highest BCUT2D eigenvalue weighted by Gasteiger charge is 2.28. The summed E-state index contributed by atoms with van der Waals surface area (Å²) in [6.45, 7) is 3.75. The molecule has 1 aliphatic heterocycles. The first-order valence-corrected chi connectivity index (χ1v) is 7.80. The van der Waals surface area contributed by atoms with Crippen molar-refractivity contribution in [3.05, 3.63) is 34.8 Å². The maximum absolute atomic E-state index is 6.13. The van der Waals surface area contributed by atoms with Gasteiger partial charge in [-0.1, -0.05) is 17.7 Å². The number of halogens is 2. The Morgan fingerprint density at radius 1 is 1.50 bits per heavy atom. The predicted octanol–water partition coefficient (Wildman–Crippen LogP) is 4.49. The number of hydrogen-bond donors (Lipinski definition) is 0. The molecule has 2 aromatic heterocycles. The van der Waals surface area contributed by atoms with Crippen molar-refractivity contribution in [1.29, 1.82) is 0 Å². The highest BCUT2D eigenvalue weighted by molar-refractivity contribution is 9.10. The lowest BCUT2D eigenvalue weighted by atomic mass is 10.1. The summed E-state index contributed by atoms with van der Waals surface area (Å²) in [5, 5.41) is 1.30. The molecule has 2 atom stereocenters. The number of ether oxygens (including phenoxy) is 1. The first-order valence-electron chi connectivity index (χ1n) is 6.63. The van der Waals surface area contributed by atoms with E-state index >= 15 is 0 Å². The van der Waals surface area contributed by atoms with E-state index < -0.39 is 0 Å². The average molecular weight is 357 g/mol. The van der Waals surface area contributed by atoms with Crippen molar-refractivity contribution in [1.82, 2.24) is 14.5 Å². The summed E-state index contributed by atoms with van der Waals surface area (Å²) >= 11 is 9.65. The van der Waals surface area contributed by atoms with Crippen LogP contribution in [-0.4, -0.2) is 20.6 Å². The molecule has 0 radical (unpaired) electrons. The SMILES string of the molecule is C=CCC[C@@H]1CC[C@H](n2cc(Br)c3c(Cl)ncnc32)O1. The number of rotatable bonds is 4. The molecule has 106 valence electrons. The Balaban J connectivity index is 1.88. The molecule has 6 heteroatoms. The minimum atomic E-state index is 0.0181. The van der Waals surface area contributed by atoms with Gasteiger partial charge in [0.05, 0.1) is 11.5 Å². The topological polar surface area (TPSA) is 39.9 Å². The molecule has 0 bridgehead atoms. The van der Waals surface area contributed by atoms with Gasteiger partial charge in [0.25, 0.3) is 0 Å². The van der Waals surface area contributed by atoms with E-state index in [0.29, 0.717) is 11.3 Å². The van der Waals surface area contributed by atoms with Gasteiger partial charge >= 0.3 is 0 Å². The van der Waals surface area contributed by atoms with Gasteiger partial charge in [-0.15, -0.1) is 6.58 Å². The molecule has 0 unspecified atom stereocenters. The Hall–Kier alpha value is -0.910. The lowest BCUT2D eigenvalue weighted by Gasteiger charge is -2.15. The predicted molar refractivity (Wildman–Crippen MR) is 82.8 cm³/mol. The molecule has 1 fully saturated rings. The fraction of sp³-hybridized carbons (Fsp3) is 0.429. The third-order valence-corrected chi connectivity index (χ3v) is 4.49. The second-order valence-electron chi connectivity index (χ2n) is 4.90. The normalized spacial score (nSPS) is 22.5. The zero-order valence-electron chi connectivity index (χ0n) is 10.9. The van der Waals surface area contributed by atoms with E-state index in [2.05, 4.69) is 32.5 Å². The van der Waals surface area contributed by atoms with Crippen molar-refractivity contribution in [2.24, 2.45) is 0 Å². The standard InChI is InChI=1S/C14H15BrClN3O/c1-2-3-4-9-5-6-11(20-9)19-7-10(15)12-13(16)17-8-18-14(12)19/h2,7-9,11H,1,3-6H2/t9-,11-/m1/s1. The number of fused-ring (bicyclic) bond motifs is 1. The molecule has 4 nitrogen and oxygen atoms in total. The highest BCUT2D eigenvalue weighted by Crippen LogP contribution is 2.37. The second-order valence-corrected chi connectivity index (χ2v) is 6.12. The molecule has 0 aromatic carbocycles. The molecule has 0 N–H and O–H groups in total. The van der Waals surface area contributed by atoms with Crippen molar-refractivity contribution in [3.63, 3.8) is 0 Å². The van der Waals surface area contributed by atoms with Crippen LogP contribution in [0.4, 0.5) is 0 Å². The van der Waals surface area contributed by atoms with Gasteiger partial charge < -0.3 is 9.30 Å². The van der Waals surface area contributed by atoms with Gasteiger partial charge in [0.1, 0.15) is 23.4 Å². The minimum absolute atomic E-state index is 0.0181. The zero-order chi connectivity index (χ0) is 14.1. The lowest BCUT2D eigenvalue weighted by molar-refractivity contribution is 0.00144. The van der Waals surface area contributed by atoms with Crippen LogP contribution in [-0.2, 0) is 4.74 Å². The van der Waals surface area contributed by atoms with Crippen molar-refractivity contribution in [3.8, 4) is 0 Å². The Morgan fingerprint density at radius 3 is 3.15 bits per heavy atom. The molecular formula is C14H15BrClN3O. The van der Waals surface area contributed by atoms with Gasteiger partial charge in [-0.05, 0) is 41.6 Å². The van der Waals surface area contributed by atoms with Crippen LogP contribution in [0.15, 0.2) is 29.7 Å². The summed E-state index contributed by atoms with van der Waals surface area (Å²) in [4.78, 5) is 8.36. The largest absolute Gasteiger partial charge is 0.355 e. The Morgan fingerprint density at radius 2 is 2.35 bits per heavy atom. The van der Waals surface area contributed by atoms with Gasteiger partial charge in [-0.3, -0.25) is 0 Å². The molecule has 2 aromatic rings. The summed E-state index contributed by atoms with van der Waals surface area (Å²) in [6.07, 6.45) is 9.77. The van der Waals surface area contributed by atoms with Crippen molar-refractivity contribution < 1.29 is 4.74 Å². The third kappa shape index (κ3) is 2.50. The van der Waals surface area contributed by atoms with Crippen LogP contribution in [0.3, 0.4) is 0 Å². The summed E-state index contributed by atoms with van der Waals surface area (Å²) in [6, 6.07) is 0. The molecule has 20 heavy (non-hydrogen) atoms. The van der Waals surface area contributed by atoms with Crippen LogP contribution >= 0.6 is 27.5 Å². The van der Waals surface area contributed by atoms with Crippen LogP contribution in [0.25, 0.3) is 11.0 Å². The summed E-state index contributed by atoms with van der Waals surface area (Å²) in [7, 11) is 0. The first kappa shape index (κ1) is 14.0. The van der Waals surface area contributed by atoms with E-state index in [0.717, 1.165) is 41.2 Å². The van der Waals surface area contributed by atoms with Crippen LogP contribution in [0.2, 0.25) is 5.15 Å². The monoisotopic (exact) mass is 355 g/mol. The van der Waals surface area contributed by atoms with Crippen molar-refractivity contribution in [2.75, 3.05) is 0 Å². The van der Waals surface area contributed by atoms with Crippen LogP contribution in [0, 0.1) is 0 Å². The fourth-order valence-corrected chi connectivity index (χ4v) is 3.56. The Bertz CT molecular complexity index is 643. The number of hydrogen-bond acceptors (Lipinski definition) is 3. The second kappa shape index (κ2) is 5.84. The van der Waals surface area contributed by atoms with Crippen molar-refractivity contribution in [2.45, 2.75) is 38.0 Å². The molecule has 0 aliphatic carbocycles. The quantitative estimate of drug-likeness (QED) is 0.598. The summed E-state index contributed by atoms with van der Waals surface area (Å²) in [5.74, 6) is 0. The number of aromatic nitrogens is 3. The highest BCUT2D eigenvalue weighted by atomic mass is 79.9. The van der Waals surface area contributed by atoms with Gasteiger partial charge in [-0.25, -0.2) is 9.97 Å². The molecule has 0 amide bonds. The van der Waals surface area contributed by atoms with E-state index in [1.54, 1.807) is 0 Å². The number of allylic oxidation sites excluding steroid dienone is 1. The molecular weight excluding hydrogens is 342 g/mol. The first-order chi connectivity index (χ1) is 9.70. The maximum Gasteiger partial charge on any atom is 0.148 e. The van der Waals surface area contributed by atoms with Gasteiger partial charge in [0.15, 0.2) is 0 Å². The van der Waals surface area contributed by atoms with Gasteiger partial charge in [0.2, 0.25) is 0 Å². The molecule has 0 saturated carbocycles. The van der Waals surface area contributed by atoms with E-state index in [-0.39, 0.29) is 6.23 Å². The van der Waals surface area contributed by atoms with Crippen LogP contribution in [0.1, 0.15) is 31.9 Å². The molecule has 1 saturated heterocycles. The minimum Gasteiger partial charge on any atom is -0.355 e. The van der Waals surface area contributed by atoms with Gasteiger partial charge in [0, 0.05) is 10.7 Å². The maximum atomic E-state index is 6.13. The molecule has 3 heterocycles. The summed E-state index contributed by atoms with van der Waals surface area (Å²) < 4.78 is 9.04. The third-order valence-electron chi connectivity index (χ3n) is 3.60. The number of nitrogens with zero attached hydrogens (tertiary/aromatic N) is 3. The molecule has 1 aliphatic rings. The van der Waals surface area contributed by atoms with Crippen molar-refractivity contribution >= 4 is 38.6 Å². The van der Waals surface area contributed by atoms with E-state index in [1.165, 1.54) is 6.33 Å². The lowest BCUT2D eigenvalue weighted by Crippen LogP contribution is -2.11. The van der Waals surface area contributed by atoms with Crippen LogP contribution < -0.4 is 0 Å². The van der Waals surface area contributed by atoms with Crippen LogP contribution in [0.5, 0.6) is 0 Å². The smallest absolute Gasteiger partial charge is 0.148 e. The Kier molecular flexibility index (Phi) is 4.10. The summed E-state index contributed by atoms with van der Waals surface area (Å²) in [5.41, 5.74) is 0.811. The van der Waals surface area contributed by atoms with Gasteiger partial charge in [-0.2, -0.15) is 0 Å². The zero-order valence-corrected chi connectivity index (χ0v) is 13.3. The fourth-order valence-electron chi connectivity index (χ4n) is 2.63. The van der Waals surface area contributed by atoms with E-state index in [4.69, 9.17) is 16.3 Å². The average Bonchev–Trinajstić information content (AvgIpc) is 3.02. The van der Waals surface area contributed by atoms with E-state index in [9.17, 15) is 0 Å². The van der Waals surface area contributed by atoms with E-state index in [1.807, 2.05) is 16.8 Å². The Labute approximate surface area is 130 Å².